The number of fused-ring (bicyclic) bond motifs is 2. The van der Waals surface area contributed by atoms with E-state index in [9.17, 15) is 4.79 Å². The summed E-state index contributed by atoms with van der Waals surface area (Å²) in [4.78, 5) is 15.9. The van der Waals surface area contributed by atoms with Gasteiger partial charge in [-0.05, 0) is 32.7 Å². The maximum atomic E-state index is 11.9. The summed E-state index contributed by atoms with van der Waals surface area (Å²) in [7, 11) is 3.94. The van der Waals surface area contributed by atoms with E-state index in [-0.39, 0.29) is 12.6 Å². The Kier molecular flexibility index (Phi) is 4.45. The van der Waals surface area contributed by atoms with Crippen LogP contribution in [-0.2, 0) is 0 Å². The Morgan fingerprint density at radius 3 is 2.56 bits per heavy atom. The standard InChI is InChI=1S/C13H25N3O2/c1-15(6-7-17)13(18)14-10-8-11-4-3-5-12(9-10)16(11)2/h10-12,17H,3-9H2,1-2H3,(H,14,18). The van der Waals surface area contributed by atoms with E-state index in [1.54, 1.807) is 11.9 Å². The minimum absolute atomic E-state index is 0.0164. The fraction of sp³-hybridized carbons (Fsp3) is 0.923. The van der Waals surface area contributed by atoms with Crippen molar-refractivity contribution in [3.05, 3.63) is 0 Å². The number of amides is 2. The third-order valence-corrected chi connectivity index (χ3v) is 4.45. The van der Waals surface area contributed by atoms with Gasteiger partial charge < -0.3 is 20.2 Å². The summed E-state index contributed by atoms with van der Waals surface area (Å²) in [6, 6.07) is 1.50. The summed E-state index contributed by atoms with van der Waals surface area (Å²) >= 11 is 0. The van der Waals surface area contributed by atoms with Gasteiger partial charge >= 0.3 is 6.03 Å². The fourth-order valence-electron chi connectivity index (χ4n) is 3.27. The molecule has 0 aromatic carbocycles. The average molecular weight is 255 g/mol. The van der Waals surface area contributed by atoms with Crippen LogP contribution in [0.3, 0.4) is 0 Å². The summed E-state index contributed by atoms with van der Waals surface area (Å²) in [5.74, 6) is 0. The van der Waals surface area contributed by atoms with Crippen LogP contribution in [0, 0.1) is 0 Å². The number of rotatable bonds is 3. The quantitative estimate of drug-likeness (QED) is 0.778. The van der Waals surface area contributed by atoms with Crippen molar-refractivity contribution in [2.24, 2.45) is 0 Å². The molecule has 0 radical (unpaired) electrons. The zero-order chi connectivity index (χ0) is 13.1. The number of hydrogen-bond donors (Lipinski definition) is 2. The minimum Gasteiger partial charge on any atom is -0.395 e. The van der Waals surface area contributed by atoms with Crippen molar-refractivity contribution in [3.63, 3.8) is 0 Å². The number of likely N-dealkylation sites (N-methyl/N-ethyl adjacent to an activating group) is 1. The smallest absolute Gasteiger partial charge is 0.317 e. The van der Waals surface area contributed by atoms with Crippen LogP contribution >= 0.6 is 0 Å². The van der Waals surface area contributed by atoms with E-state index in [1.807, 2.05) is 0 Å². The number of aliphatic hydroxyl groups excluding tert-OH is 1. The van der Waals surface area contributed by atoms with Crippen molar-refractivity contribution in [1.29, 1.82) is 0 Å². The van der Waals surface area contributed by atoms with E-state index >= 15 is 0 Å². The highest BCUT2D eigenvalue weighted by Gasteiger charge is 2.36. The van der Waals surface area contributed by atoms with Gasteiger partial charge in [-0.15, -0.1) is 0 Å². The SMILES string of the molecule is CN(CCO)C(=O)NC1CC2CCCC(C1)N2C. The molecular weight excluding hydrogens is 230 g/mol. The van der Waals surface area contributed by atoms with Crippen LogP contribution in [0.4, 0.5) is 4.79 Å². The Balaban J connectivity index is 1.86. The summed E-state index contributed by atoms with van der Waals surface area (Å²) in [5.41, 5.74) is 0. The lowest BCUT2D eigenvalue weighted by Gasteiger charge is -2.47. The van der Waals surface area contributed by atoms with Crippen LogP contribution in [0.1, 0.15) is 32.1 Å². The molecule has 2 N–H and O–H groups in total. The van der Waals surface area contributed by atoms with E-state index in [0.29, 0.717) is 24.7 Å². The van der Waals surface area contributed by atoms with E-state index in [2.05, 4.69) is 17.3 Å². The molecule has 2 saturated heterocycles. The van der Waals surface area contributed by atoms with E-state index in [0.717, 1.165) is 12.8 Å². The number of nitrogens with zero attached hydrogens (tertiary/aromatic N) is 2. The van der Waals surface area contributed by atoms with Crippen molar-refractivity contribution in [3.8, 4) is 0 Å². The highest BCUT2D eigenvalue weighted by molar-refractivity contribution is 5.74. The van der Waals surface area contributed by atoms with Crippen molar-refractivity contribution in [2.75, 3.05) is 27.2 Å². The molecule has 0 aromatic heterocycles. The summed E-state index contributed by atoms with van der Waals surface area (Å²) < 4.78 is 0. The molecule has 18 heavy (non-hydrogen) atoms. The van der Waals surface area contributed by atoms with Crippen molar-refractivity contribution >= 4 is 6.03 Å². The molecule has 0 aliphatic carbocycles. The fourth-order valence-corrected chi connectivity index (χ4v) is 3.27. The molecule has 2 amide bonds. The number of hydrogen-bond acceptors (Lipinski definition) is 3. The monoisotopic (exact) mass is 255 g/mol. The molecular formula is C13H25N3O2. The van der Waals surface area contributed by atoms with E-state index < -0.39 is 0 Å². The van der Waals surface area contributed by atoms with Crippen molar-refractivity contribution in [2.45, 2.75) is 50.2 Å². The normalized spacial score (nSPS) is 32.1. The number of aliphatic hydroxyl groups is 1. The molecule has 5 nitrogen and oxygen atoms in total. The Hall–Kier alpha value is -0.810. The van der Waals surface area contributed by atoms with Gasteiger partial charge in [-0.3, -0.25) is 0 Å². The first-order valence-corrected chi connectivity index (χ1v) is 6.96. The highest BCUT2D eigenvalue weighted by Crippen LogP contribution is 2.32. The Morgan fingerprint density at radius 1 is 1.39 bits per heavy atom. The molecule has 0 spiro atoms. The number of urea groups is 1. The van der Waals surface area contributed by atoms with Crippen LogP contribution in [-0.4, -0.2) is 66.3 Å². The zero-order valence-corrected chi connectivity index (χ0v) is 11.4. The van der Waals surface area contributed by atoms with E-state index in [4.69, 9.17) is 5.11 Å². The third-order valence-electron chi connectivity index (χ3n) is 4.45. The second-order valence-corrected chi connectivity index (χ2v) is 5.67. The van der Waals surface area contributed by atoms with Gasteiger partial charge in [0.25, 0.3) is 0 Å². The van der Waals surface area contributed by atoms with Crippen LogP contribution in [0.5, 0.6) is 0 Å². The molecule has 2 heterocycles. The maximum absolute atomic E-state index is 11.9. The Labute approximate surface area is 109 Å². The lowest BCUT2D eigenvalue weighted by Crippen LogP contribution is -2.56. The number of piperidine rings is 2. The molecule has 2 rings (SSSR count). The van der Waals surface area contributed by atoms with Crippen LogP contribution in [0.25, 0.3) is 0 Å². The first-order valence-electron chi connectivity index (χ1n) is 6.96. The Bertz CT molecular complexity index is 284. The first kappa shape index (κ1) is 13.6. The van der Waals surface area contributed by atoms with Gasteiger partial charge in [0.05, 0.1) is 6.61 Å². The lowest BCUT2D eigenvalue weighted by molar-refractivity contribution is 0.0495. The summed E-state index contributed by atoms with van der Waals surface area (Å²) in [6.07, 6.45) is 5.96. The molecule has 2 atom stereocenters. The van der Waals surface area contributed by atoms with Gasteiger partial charge in [-0.25, -0.2) is 4.79 Å². The van der Waals surface area contributed by atoms with Gasteiger partial charge in [-0.2, -0.15) is 0 Å². The molecule has 2 aliphatic heterocycles. The molecule has 104 valence electrons. The van der Waals surface area contributed by atoms with E-state index in [1.165, 1.54) is 19.3 Å². The predicted octanol–water partition coefficient (Wildman–Crippen LogP) is 0.635. The number of carbonyl (C=O) groups is 1. The third kappa shape index (κ3) is 2.95. The largest absolute Gasteiger partial charge is 0.395 e. The molecule has 2 bridgehead atoms. The highest BCUT2D eigenvalue weighted by atomic mass is 16.3. The Morgan fingerprint density at radius 2 is 2.00 bits per heavy atom. The number of nitrogens with one attached hydrogen (secondary N) is 1. The first-order chi connectivity index (χ1) is 8.61. The predicted molar refractivity (Wildman–Crippen MR) is 70.5 cm³/mol. The van der Waals surface area contributed by atoms with Gasteiger partial charge in [0.15, 0.2) is 0 Å². The molecule has 2 fully saturated rings. The van der Waals surface area contributed by atoms with Gasteiger partial charge in [0, 0.05) is 31.7 Å². The lowest BCUT2D eigenvalue weighted by atomic mass is 9.82. The van der Waals surface area contributed by atoms with Crippen molar-refractivity contribution < 1.29 is 9.90 Å². The van der Waals surface area contributed by atoms with Crippen molar-refractivity contribution in [1.82, 2.24) is 15.1 Å². The molecule has 2 unspecified atom stereocenters. The molecule has 0 aromatic rings. The molecule has 0 saturated carbocycles. The number of carbonyl (C=O) groups excluding carboxylic acids is 1. The van der Waals surface area contributed by atoms with Gasteiger partial charge in [-0.1, -0.05) is 6.42 Å². The zero-order valence-electron chi connectivity index (χ0n) is 11.4. The maximum Gasteiger partial charge on any atom is 0.317 e. The second kappa shape index (κ2) is 5.89. The van der Waals surface area contributed by atoms with Crippen LogP contribution in [0.15, 0.2) is 0 Å². The van der Waals surface area contributed by atoms with Crippen LogP contribution < -0.4 is 5.32 Å². The summed E-state index contributed by atoms with van der Waals surface area (Å²) in [6.45, 7) is 0.411. The average Bonchev–Trinajstić information content (AvgIpc) is 2.30. The van der Waals surface area contributed by atoms with Crippen LogP contribution in [0.2, 0.25) is 0 Å². The topological polar surface area (TPSA) is 55.8 Å². The minimum atomic E-state index is -0.0586. The molecule has 2 aliphatic rings. The van der Waals surface area contributed by atoms with Gasteiger partial charge in [0.2, 0.25) is 0 Å². The second-order valence-electron chi connectivity index (χ2n) is 5.67. The molecule has 5 heteroatoms. The summed E-state index contributed by atoms with van der Waals surface area (Å²) in [5, 5.41) is 11.9. The van der Waals surface area contributed by atoms with Gasteiger partial charge in [0.1, 0.15) is 0 Å².